The Hall–Kier alpha value is -3.33. The normalized spacial score (nSPS) is 15.3. The average molecular weight is 595 g/mol. The van der Waals surface area contributed by atoms with E-state index in [4.69, 9.17) is 23.2 Å². The van der Waals surface area contributed by atoms with E-state index in [2.05, 4.69) is 10.2 Å². The second kappa shape index (κ2) is 12.9. The molecule has 0 aliphatic carbocycles. The van der Waals surface area contributed by atoms with Crippen LogP contribution in [0.2, 0.25) is 10.0 Å². The molecular formula is C30H29Cl2N5O2S. The molecule has 1 fully saturated rings. The largest absolute Gasteiger partial charge is 0.339 e. The summed E-state index contributed by atoms with van der Waals surface area (Å²) in [6, 6.07) is 24.4. The number of hydrogen-bond acceptors (Lipinski definition) is 5. The minimum atomic E-state index is -0.0668. The molecule has 1 aliphatic heterocycles. The second-order valence-electron chi connectivity index (χ2n) is 9.60. The number of thioether (sulfide) groups is 1. The van der Waals surface area contributed by atoms with Crippen LogP contribution in [0.3, 0.4) is 0 Å². The molecule has 1 atom stereocenters. The number of carbonyl (C=O) groups is 2. The third-order valence-electron chi connectivity index (χ3n) is 6.86. The van der Waals surface area contributed by atoms with Crippen molar-refractivity contribution in [2.24, 2.45) is 0 Å². The van der Waals surface area contributed by atoms with Crippen LogP contribution in [0.25, 0.3) is 17.1 Å². The first-order valence-electron chi connectivity index (χ1n) is 13.1. The molecule has 2 amide bonds. The van der Waals surface area contributed by atoms with Gasteiger partial charge >= 0.3 is 0 Å². The summed E-state index contributed by atoms with van der Waals surface area (Å²) in [4.78, 5) is 29.6. The van der Waals surface area contributed by atoms with E-state index < -0.39 is 0 Å². The quantitative estimate of drug-likeness (QED) is 0.172. The van der Waals surface area contributed by atoms with Crippen LogP contribution in [-0.4, -0.2) is 67.8 Å². The lowest BCUT2D eigenvalue weighted by Crippen LogP contribution is -2.55. The van der Waals surface area contributed by atoms with E-state index in [0.29, 0.717) is 59.7 Å². The van der Waals surface area contributed by atoms with Crippen LogP contribution in [0.1, 0.15) is 30.1 Å². The first kappa shape index (κ1) is 28.2. The number of carbonyl (C=O) groups excluding carboxylic acids is 2. The third kappa shape index (κ3) is 6.35. The Labute approximate surface area is 248 Å². The van der Waals surface area contributed by atoms with Gasteiger partial charge in [-0.15, -0.1) is 10.2 Å². The molecule has 1 unspecified atom stereocenters. The fourth-order valence-electron chi connectivity index (χ4n) is 4.78. The van der Waals surface area contributed by atoms with E-state index in [1.165, 1.54) is 0 Å². The second-order valence-corrected chi connectivity index (χ2v) is 11.5. The number of benzene rings is 3. The molecular weight excluding hydrogens is 565 g/mol. The standard InChI is InChI=1S/C30H29Cl2N5O2S/c1-21-20-35(17-18-36(21)29(39)22-13-15-23(31)16-14-22)27(38)12-7-19-40-30-34-33-28(25-10-5-6-11-26(25)32)37(30)24-8-3-2-4-9-24/h2-6,8-11,13-16,21H,7,12,17-20H2,1H3. The monoisotopic (exact) mass is 593 g/mol. The topological polar surface area (TPSA) is 71.3 Å². The van der Waals surface area contributed by atoms with Gasteiger partial charge < -0.3 is 9.80 Å². The van der Waals surface area contributed by atoms with Crippen molar-refractivity contribution >= 4 is 46.8 Å². The van der Waals surface area contributed by atoms with Crippen molar-refractivity contribution in [2.45, 2.75) is 31.0 Å². The Morgan fingerprint density at radius 2 is 1.65 bits per heavy atom. The van der Waals surface area contributed by atoms with Gasteiger partial charge in [-0.1, -0.05) is 65.3 Å². The first-order chi connectivity index (χ1) is 19.4. The Morgan fingerprint density at radius 3 is 2.38 bits per heavy atom. The van der Waals surface area contributed by atoms with Gasteiger partial charge in [0.1, 0.15) is 0 Å². The lowest BCUT2D eigenvalue weighted by atomic mass is 10.1. The van der Waals surface area contributed by atoms with Crippen molar-refractivity contribution < 1.29 is 9.59 Å². The Bertz CT molecular complexity index is 1480. The summed E-state index contributed by atoms with van der Waals surface area (Å²) in [6.07, 6.45) is 1.13. The molecule has 0 spiro atoms. The molecule has 7 nitrogen and oxygen atoms in total. The molecule has 5 rings (SSSR count). The van der Waals surface area contributed by atoms with E-state index in [0.717, 1.165) is 16.4 Å². The van der Waals surface area contributed by atoms with E-state index in [1.807, 2.05) is 75.9 Å². The fraction of sp³-hybridized carbons (Fsp3) is 0.267. The van der Waals surface area contributed by atoms with Gasteiger partial charge in [0, 0.05) is 59.7 Å². The molecule has 2 heterocycles. The summed E-state index contributed by atoms with van der Waals surface area (Å²) in [5.74, 6) is 1.46. The SMILES string of the molecule is CC1CN(C(=O)CCCSc2nnc(-c3ccccc3Cl)n2-c2ccccc2)CCN1C(=O)c1ccc(Cl)cc1. The third-order valence-corrected chi connectivity index (χ3v) is 8.46. The molecule has 1 aliphatic rings. The number of nitrogens with zero attached hydrogens (tertiary/aromatic N) is 5. The zero-order valence-electron chi connectivity index (χ0n) is 22.0. The molecule has 206 valence electrons. The molecule has 0 saturated carbocycles. The summed E-state index contributed by atoms with van der Waals surface area (Å²) in [5, 5.41) is 10.9. The van der Waals surface area contributed by atoms with E-state index in [9.17, 15) is 9.59 Å². The molecule has 0 bridgehead atoms. The van der Waals surface area contributed by atoms with Gasteiger partial charge in [0.05, 0.1) is 5.02 Å². The zero-order chi connectivity index (χ0) is 28.1. The number of aromatic nitrogens is 3. The lowest BCUT2D eigenvalue weighted by molar-refractivity contribution is -0.133. The maximum absolute atomic E-state index is 13.0. The molecule has 4 aromatic rings. The molecule has 0 N–H and O–H groups in total. The Kier molecular flexibility index (Phi) is 9.09. The van der Waals surface area contributed by atoms with Crippen molar-refractivity contribution in [1.29, 1.82) is 0 Å². The number of halogens is 2. The summed E-state index contributed by atoms with van der Waals surface area (Å²) in [7, 11) is 0. The highest BCUT2D eigenvalue weighted by atomic mass is 35.5. The summed E-state index contributed by atoms with van der Waals surface area (Å²) in [6.45, 7) is 3.54. The molecule has 10 heteroatoms. The van der Waals surface area contributed by atoms with Gasteiger partial charge in [0.2, 0.25) is 5.91 Å². The minimum Gasteiger partial charge on any atom is -0.339 e. The van der Waals surface area contributed by atoms with Crippen LogP contribution in [-0.2, 0) is 4.79 Å². The van der Waals surface area contributed by atoms with Gasteiger partial charge in [0.25, 0.3) is 5.91 Å². The minimum absolute atomic E-state index is 0.0358. The summed E-state index contributed by atoms with van der Waals surface area (Å²) < 4.78 is 2.01. The first-order valence-corrected chi connectivity index (χ1v) is 14.9. The predicted molar refractivity (Wildman–Crippen MR) is 160 cm³/mol. The van der Waals surface area contributed by atoms with Crippen molar-refractivity contribution in [3.8, 4) is 17.1 Å². The molecule has 0 radical (unpaired) electrons. The number of rotatable bonds is 8. The van der Waals surface area contributed by atoms with Crippen LogP contribution < -0.4 is 0 Å². The fourth-order valence-corrected chi connectivity index (χ4v) is 6.02. The number of hydrogen-bond donors (Lipinski definition) is 0. The number of piperazine rings is 1. The Balaban J connectivity index is 1.17. The molecule has 40 heavy (non-hydrogen) atoms. The van der Waals surface area contributed by atoms with Gasteiger partial charge in [-0.25, -0.2) is 0 Å². The van der Waals surface area contributed by atoms with E-state index in [1.54, 1.807) is 36.0 Å². The van der Waals surface area contributed by atoms with Crippen LogP contribution in [0.5, 0.6) is 0 Å². The maximum Gasteiger partial charge on any atom is 0.254 e. The van der Waals surface area contributed by atoms with Crippen molar-refractivity contribution in [1.82, 2.24) is 24.6 Å². The maximum atomic E-state index is 13.0. The predicted octanol–water partition coefficient (Wildman–Crippen LogP) is 6.49. The van der Waals surface area contributed by atoms with Crippen LogP contribution >= 0.6 is 35.0 Å². The van der Waals surface area contributed by atoms with Crippen molar-refractivity contribution in [2.75, 3.05) is 25.4 Å². The van der Waals surface area contributed by atoms with Gasteiger partial charge in [0.15, 0.2) is 11.0 Å². The number of para-hydroxylation sites is 1. The van der Waals surface area contributed by atoms with Gasteiger partial charge in [-0.05, 0) is 61.9 Å². The highest BCUT2D eigenvalue weighted by Crippen LogP contribution is 2.32. The Morgan fingerprint density at radius 1 is 0.925 bits per heavy atom. The van der Waals surface area contributed by atoms with Gasteiger partial charge in [-0.3, -0.25) is 14.2 Å². The molecule has 3 aromatic carbocycles. The molecule has 1 aromatic heterocycles. The highest BCUT2D eigenvalue weighted by Gasteiger charge is 2.30. The summed E-state index contributed by atoms with van der Waals surface area (Å²) in [5.41, 5.74) is 2.36. The zero-order valence-corrected chi connectivity index (χ0v) is 24.4. The number of amides is 2. The van der Waals surface area contributed by atoms with Crippen molar-refractivity contribution in [3.63, 3.8) is 0 Å². The lowest BCUT2D eigenvalue weighted by Gasteiger charge is -2.40. The molecule has 1 saturated heterocycles. The van der Waals surface area contributed by atoms with Crippen LogP contribution in [0.15, 0.2) is 84.0 Å². The van der Waals surface area contributed by atoms with Crippen molar-refractivity contribution in [3.05, 3.63) is 94.5 Å². The van der Waals surface area contributed by atoms with E-state index in [-0.39, 0.29) is 17.9 Å². The summed E-state index contributed by atoms with van der Waals surface area (Å²) >= 11 is 14.0. The van der Waals surface area contributed by atoms with E-state index >= 15 is 0 Å². The highest BCUT2D eigenvalue weighted by molar-refractivity contribution is 7.99. The van der Waals surface area contributed by atoms with Crippen LogP contribution in [0, 0.1) is 0 Å². The van der Waals surface area contributed by atoms with Gasteiger partial charge in [-0.2, -0.15) is 0 Å². The smallest absolute Gasteiger partial charge is 0.254 e. The average Bonchev–Trinajstić information content (AvgIpc) is 3.39. The van der Waals surface area contributed by atoms with Crippen LogP contribution in [0.4, 0.5) is 0 Å².